The number of nitrogens with two attached hydrogens (primary N) is 1. The first-order chi connectivity index (χ1) is 7.92. The lowest BCUT2D eigenvalue weighted by atomic mass is 9.83. The summed E-state index contributed by atoms with van der Waals surface area (Å²) in [7, 11) is 1.69. The Hall–Kier alpha value is -0.770. The van der Waals surface area contributed by atoms with E-state index in [4.69, 9.17) is 22.1 Å². The maximum absolute atomic E-state index is 6.12. The molecule has 0 spiro atoms. The van der Waals surface area contributed by atoms with E-state index in [0.717, 1.165) is 28.4 Å². The zero-order chi connectivity index (χ0) is 13.1. The molecule has 1 aromatic carbocycles. The van der Waals surface area contributed by atoms with Crippen LogP contribution in [0.4, 0.5) is 0 Å². The number of benzene rings is 1. The third-order valence-corrected chi connectivity index (χ3v) is 3.10. The molecule has 3 N–H and O–H groups in total. The van der Waals surface area contributed by atoms with E-state index < -0.39 is 0 Å². The highest BCUT2D eigenvalue weighted by Crippen LogP contribution is 2.36. The van der Waals surface area contributed by atoms with Gasteiger partial charge in [0.2, 0.25) is 0 Å². The highest BCUT2D eigenvalue weighted by atomic mass is 35.5. The summed E-state index contributed by atoms with van der Waals surface area (Å²) in [5.41, 5.74) is 7.55. The lowest BCUT2D eigenvalue weighted by Gasteiger charge is -2.28. The summed E-state index contributed by atoms with van der Waals surface area (Å²) in [5, 5.41) is 3.89. The Balaban J connectivity index is 3.18. The summed E-state index contributed by atoms with van der Waals surface area (Å²) in [4.78, 5) is 0. The highest BCUT2D eigenvalue weighted by Gasteiger charge is 2.25. The molecule has 0 atom stereocenters. The van der Waals surface area contributed by atoms with Gasteiger partial charge in [0.15, 0.2) is 0 Å². The molecule has 1 aromatic rings. The van der Waals surface area contributed by atoms with Crippen molar-refractivity contribution in [3.8, 4) is 5.75 Å². The topological polar surface area (TPSA) is 47.3 Å². The molecule has 0 saturated carbocycles. The number of hydrogen-bond donors (Lipinski definition) is 2. The molecule has 96 valence electrons. The Labute approximate surface area is 108 Å². The van der Waals surface area contributed by atoms with Crippen LogP contribution in [0.5, 0.6) is 5.75 Å². The van der Waals surface area contributed by atoms with Crippen molar-refractivity contribution < 1.29 is 4.74 Å². The number of hydrogen-bond acceptors (Lipinski definition) is 3. The van der Waals surface area contributed by atoms with Crippen molar-refractivity contribution in [2.45, 2.75) is 26.2 Å². The van der Waals surface area contributed by atoms with Crippen molar-refractivity contribution in [1.82, 2.24) is 5.32 Å². The average Bonchev–Trinajstić information content (AvgIpc) is 2.25. The number of rotatable bonds is 5. The summed E-state index contributed by atoms with van der Waals surface area (Å²) in [5.74, 6) is 0.901. The van der Waals surface area contributed by atoms with Gasteiger partial charge in [-0.3, -0.25) is 0 Å². The molecular weight excluding hydrogens is 236 g/mol. The predicted octanol–water partition coefficient (Wildman–Crippen LogP) is 2.44. The number of halogens is 1. The monoisotopic (exact) mass is 256 g/mol. The Kier molecular flexibility index (Phi) is 4.80. The lowest BCUT2D eigenvalue weighted by molar-refractivity contribution is 0.383. The molecule has 0 aliphatic rings. The first kappa shape index (κ1) is 14.3. The van der Waals surface area contributed by atoms with Gasteiger partial charge >= 0.3 is 0 Å². The van der Waals surface area contributed by atoms with Crippen LogP contribution in [-0.4, -0.2) is 20.3 Å². The van der Waals surface area contributed by atoms with Gasteiger partial charge in [0.1, 0.15) is 5.75 Å². The van der Waals surface area contributed by atoms with Gasteiger partial charge in [-0.25, -0.2) is 0 Å². The molecule has 0 aliphatic heterocycles. The lowest BCUT2D eigenvalue weighted by Crippen LogP contribution is -2.36. The van der Waals surface area contributed by atoms with E-state index in [1.807, 2.05) is 19.1 Å². The number of aryl methyl sites for hydroxylation is 1. The number of methoxy groups -OCH3 is 1. The SMILES string of the molecule is COc1c(C)cc(Cl)cc1C(C)(C)CNCN. The fourth-order valence-electron chi connectivity index (χ4n) is 1.98. The molecule has 0 amide bonds. The van der Waals surface area contributed by atoms with Crippen LogP contribution < -0.4 is 15.8 Å². The van der Waals surface area contributed by atoms with Gasteiger partial charge in [-0.1, -0.05) is 25.4 Å². The van der Waals surface area contributed by atoms with E-state index in [1.54, 1.807) is 7.11 Å². The fraction of sp³-hybridized carbons (Fsp3) is 0.538. The van der Waals surface area contributed by atoms with Crippen LogP contribution in [0.1, 0.15) is 25.0 Å². The van der Waals surface area contributed by atoms with Crippen LogP contribution in [0, 0.1) is 6.92 Å². The van der Waals surface area contributed by atoms with Crippen LogP contribution in [0.15, 0.2) is 12.1 Å². The second kappa shape index (κ2) is 5.71. The van der Waals surface area contributed by atoms with Crippen molar-refractivity contribution in [3.63, 3.8) is 0 Å². The Morgan fingerprint density at radius 1 is 1.41 bits per heavy atom. The average molecular weight is 257 g/mol. The molecule has 0 radical (unpaired) electrons. The number of ether oxygens (including phenoxy) is 1. The first-order valence-corrected chi connectivity index (χ1v) is 6.05. The maximum Gasteiger partial charge on any atom is 0.125 e. The molecule has 0 heterocycles. The molecule has 0 aliphatic carbocycles. The van der Waals surface area contributed by atoms with E-state index >= 15 is 0 Å². The molecule has 0 unspecified atom stereocenters. The summed E-state index contributed by atoms with van der Waals surface area (Å²) < 4.78 is 5.48. The highest BCUT2D eigenvalue weighted by molar-refractivity contribution is 6.30. The molecule has 0 bridgehead atoms. The Bertz CT molecular complexity index is 391. The normalized spacial score (nSPS) is 11.6. The van der Waals surface area contributed by atoms with Crippen LogP contribution in [0.2, 0.25) is 5.02 Å². The molecule has 0 fully saturated rings. The molecule has 3 nitrogen and oxygen atoms in total. The molecular formula is C13H21ClN2O. The van der Waals surface area contributed by atoms with Crippen LogP contribution in [0.3, 0.4) is 0 Å². The van der Waals surface area contributed by atoms with E-state index in [1.165, 1.54) is 0 Å². The molecule has 4 heteroatoms. The quantitative estimate of drug-likeness (QED) is 0.796. The van der Waals surface area contributed by atoms with Gasteiger partial charge < -0.3 is 15.8 Å². The second-order valence-electron chi connectivity index (χ2n) is 4.82. The molecule has 1 rings (SSSR count). The van der Waals surface area contributed by atoms with Gasteiger partial charge in [0.05, 0.1) is 7.11 Å². The minimum atomic E-state index is -0.0830. The molecule has 0 aromatic heterocycles. The van der Waals surface area contributed by atoms with Crippen molar-refractivity contribution in [2.75, 3.05) is 20.3 Å². The van der Waals surface area contributed by atoms with E-state index in [-0.39, 0.29) is 5.41 Å². The van der Waals surface area contributed by atoms with Crippen LogP contribution >= 0.6 is 11.6 Å². The Morgan fingerprint density at radius 2 is 2.06 bits per heavy atom. The minimum absolute atomic E-state index is 0.0830. The number of nitrogens with one attached hydrogen (secondary N) is 1. The Morgan fingerprint density at radius 3 is 2.59 bits per heavy atom. The van der Waals surface area contributed by atoms with Crippen molar-refractivity contribution in [3.05, 3.63) is 28.3 Å². The largest absolute Gasteiger partial charge is 0.496 e. The van der Waals surface area contributed by atoms with E-state index in [2.05, 4.69) is 19.2 Å². The zero-order valence-electron chi connectivity index (χ0n) is 10.9. The van der Waals surface area contributed by atoms with Crippen molar-refractivity contribution in [1.29, 1.82) is 0 Å². The summed E-state index contributed by atoms with van der Waals surface area (Å²) in [6.45, 7) is 7.53. The van der Waals surface area contributed by atoms with Crippen molar-refractivity contribution >= 4 is 11.6 Å². The third kappa shape index (κ3) is 3.35. The molecule has 17 heavy (non-hydrogen) atoms. The minimum Gasteiger partial charge on any atom is -0.496 e. The van der Waals surface area contributed by atoms with Gasteiger partial charge in [0, 0.05) is 29.2 Å². The second-order valence-corrected chi connectivity index (χ2v) is 5.25. The summed E-state index contributed by atoms with van der Waals surface area (Å²) in [6.07, 6.45) is 0. The fourth-order valence-corrected chi connectivity index (χ4v) is 2.26. The molecule has 0 saturated heterocycles. The maximum atomic E-state index is 6.12. The van der Waals surface area contributed by atoms with Gasteiger partial charge in [-0.2, -0.15) is 0 Å². The van der Waals surface area contributed by atoms with Crippen LogP contribution in [0.25, 0.3) is 0 Å². The van der Waals surface area contributed by atoms with Crippen molar-refractivity contribution in [2.24, 2.45) is 5.73 Å². The predicted molar refractivity (Wildman–Crippen MR) is 72.8 cm³/mol. The van der Waals surface area contributed by atoms with Gasteiger partial charge in [-0.05, 0) is 24.6 Å². The summed E-state index contributed by atoms with van der Waals surface area (Å²) >= 11 is 6.12. The standard InChI is InChI=1S/C13H21ClN2O/c1-9-5-10(14)6-11(12(9)17-4)13(2,3)7-16-8-15/h5-6,16H,7-8,15H2,1-4H3. The van der Waals surface area contributed by atoms with E-state index in [0.29, 0.717) is 6.67 Å². The van der Waals surface area contributed by atoms with Crippen LogP contribution in [-0.2, 0) is 5.41 Å². The first-order valence-electron chi connectivity index (χ1n) is 5.67. The third-order valence-electron chi connectivity index (χ3n) is 2.88. The van der Waals surface area contributed by atoms with E-state index in [9.17, 15) is 0 Å². The van der Waals surface area contributed by atoms with Gasteiger partial charge in [0.25, 0.3) is 0 Å². The summed E-state index contributed by atoms with van der Waals surface area (Å²) in [6, 6.07) is 3.88. The smallest absolute Gasteiger partial charge is 0.125 e. The zero-order valence-corrected chi connectivity index (χ0v) is 11.7. The van der Waals surface area contributed by atoms with Gasteiger partial charge in [-0.15, -0.1) is 0 Å².